The fourth-order valence-corrected chi connectivity index (χ4v) is 6.79. The molecule has 3 aromatic rings. The number of aryl methyl sites for hydroxylation is 1. The highest BCUT2D eigenvalue weighted by molar-refractivity contribution is 6.34. The molecule has 11 heteroatoms. The van der Waals surface area contributed by atoms with Crippen LogP contribution in [0.2, 0.25) is 5.02 Å². The minimum absolute atomic E-state index is 0.0185. The van der Waals surface area contributed by atoms with Gasteiger partial charge in [-0.15, -0.1) is 0 Å². The summed E-state index contributed by atoms with van der Waals surface area (Å²) in [4.78, 5) is 44.7. The lowest BCUT2D eigenvalue weighted by molar-refractivity contribution is -0.121. The minimum Gasteiger partial charge on any atom is -0.369 e. The van der Waals surface area contributed by atoms with Crippen molar-refractivity contribution in [2.24, 2.45) is 0 Å². The number of nitrogens with zero attached hydrogens (tertiary/aromatic N) is 6. The smallest absolute Gasteiger partial charge is 0.330 e. The number of rotatable bonds is 7. The Labute approximate surface area is 264 Å². The molecule has 2 N–H and O–H groups in total. The summed E-state index contributed by atoms with van der Waals surface area (Å²) in [6, 6.07) is 13.1. The van der Waals surface area contributed by atoms with Crippen molar-refractivity contribution in [3.63, 3.8) is 0 Å². The largest absolute Gasteiger partial charge is 0.369 e. The van der Waals surface area contributed by atoms with Crippen LogP contribution in [0.1, 0.15) is 50.2 Å². The SMILES string of the molecule is CCC(=O)NC1CCCCC1N1C(=O)N(c2ccccc2Cl)Cc2cnc(Nc3ccc(N4CCN(C)CC4)c(C)c3)nc21. The third-order valence-corrected chi connectivity index (χ3v) is 9.32. The van der Waals surface area contributed by atoms with Crippen LogP contribution in [0.15, 0.2) is 48.7 Å². The molecule has 232 valence electrons. The standard InChI is InChI=1S/C33H41ClN8O2/c1-4-30(43)37-26-10-6-8-12-29(26)42-31-23(21-41(33(42)44)28-11-7-5-9-25(28)34)20-35-32(38-31)36-24-13-14-27(22(2)19-24)40-17-15-39(3)16-18-40/h5,7,9,11,13-14,19-20,26,29H,4,6,8,10,12,15-18,21H2,1-3H3,(H,37,43)(H,35,36,38). The Hall–Kier alpha value is -3.89. The summed E-state index contributed by atoms with van der Waals surface area (Å²) in [7, 11) is 2.16. The van der Waals surface area contributed by atoms with Crippen LogP contribution in [0.25, 0.3) is 0 Å². The molecular formula is C33H41ClN8O2. The van der Waals surface area contributed by atoms with Crippen molar-refractivity contribution in [2.75, 3.05) is 53.2 Å². The van der Waals surface area contributed by atoms with E-state index in [1.54, 1.807) is 22.1 Å². The van der Waals surface area contributed by atoms with Crippen LogP contribution >= 0.6 is 11.6 Å². The maximum absolute atomic E-state index is 14.4. The highest BCUT2D eigenvalue weighted by atomic mass is 35.5. The van der Waals surface area contributed by atoms with Crippen molar-refractivity contribution in [2.45, 2.75) is 64.6 Å². The van der Waals surface area contributed by atoms with E-state index in [1.807, 2.05) is 25.1 Å². The number of hydrogen-bond acceptors (Lipinski definition) is 7. The molecule has 1 aromatic heterocycles. The topological polar surface area (TPSA) is 96.9 Å². The van der Waals surface area contributed by atoms with Crippen molar-refractivity contribution >= 4 is 52.4 Å². The van der Waals surface area contributed by atoms with E-state index in [1.165, 1.54) is 11.3 Å². The number of carbonyl (C=O) groups excluding carboxylic acids is 2. The van der Waals surface area contributed by atoms with Gasteiger partial charge in [0.05, 0.1) is 23.3 Å². The van der Waals surface area contributed by atoms with Gasteiger partial charge in [-0.3, -0.25) is 14.6 Å². The molecule has 3 heterocycles. The fourth-order valence-electron chi connectivity index (χ4n) is 6.56. The van der Waals surface area contributed by atoms with Crippen LogP contribution in [0.4, 0.5) is 33.6 Å². The number of amides is 3. The van der Waals surface area contributed by atoms with Gasteiger partial charge in [0.25, 0.3) is 0 Å². The zero-order valence-electron chi connectivity index (χ0n) is 25.7. The monoisotopic (exact) mass is 616 g/mol. The van der Waals surface area contributed by atoms with Gasteiger partial charge in [-0.25, -0.2) is 9.78 Å². The number of benzene rings is 2. The molecule has 1 aliphatic carbocycles. The average molecular weight is 617 g/mol. The van der Waals surface area contributed by atoms with E-state index in [0.29, 0.717) is 35.4 Å². The lowest BCUT2D eigenvalue weighted by Gasteiger charge is -2.44. The van der Waals surface area contributed by atoms with Crippen molar-refractivity contribution in [3.8, 4) is 0 Å². The first kappa shape index (κ1) is 30.1. The van der Waals surface area contributed by atoms with Crippen LogP contribution in [-0.4, -0.2) is 72.1 Å². The molecule has 44 heavy (non-hydrogen) atoms. The average Bonchev–Trinajstić information content (AvgIpc) is 3.02. The second-order valence-corrected chi connectivity index (χ2v) is 12.4. The summed E-state index contributed by atoms with van der Waals surface area (Å²) < 4.78 is 0. The Morgan fingerprint density at radius 2 is 1.82 bits per heavy atom. The van der Waals surface area contributed by atoms with Gasteiger partial charge in [0.1, 0.15) is 5.82 Å². The first-order valence-corrected chi connectivity index (χ1v) is 16.0. The van der Waals surface area contributed by atoms with E-state index in [9.17, 15) is 9.59 Å². The molecule has 2 fully saturated rings. The molecule has 6 rings (SSSR count). The van der Waals surface area contributed by atoms with Crippen LogP contribution < -0.4 is 25.3 Å². The maximum atomic E-state index is 14.4. The lowest BCUT2D eigenvalue weighted by Crippen LogP contribution is -2.60. The molecule has 3 aliphatic rings. The second kappa shape index (κ2) is 13.0. The Bertz CT molecular complexity index is 1530. The van der Waals surface area contributed by atoms with Gasteiger partial charge in [-0.05, 0) is 62.7 Å². The zero-order chi connectivity index (χ0) is 30.8. The van der Waals surface area contributed by atoms with Crippen LogP contribution in [0.3, 0.4) is 0 Å². The molecule has 2 aromatic carbocycles. The molecule has 0 spiro atoms. The van der Waals surface area contributed by atoms with Crippen molar-refractivity contribution in [1.29, 1.82) is 0 Å². The zero-order valence-corrected chi connectivity index (χ0v) is 26.5. The minimum atomic E-state index is -0.247. The van der Waals surface area contributed by atoms with Gasteiger partial charge in [0.2, 0.25) is 11.9 Å². The van der Waals surface area contributed by atoms with Gasteiger partial charge in [-0.1, -0.05) is 43.5 Å². The van der Waals surface area contributed by atoms with Crippen molar-refractivity contribution < 1.29 is 9.59 Å². The molecule has 2 unspecified atom stereocenters. The van der Waals surface area contributed by atoms with Crippen molar-refractivity contribution in [1.82, 2.24) is 20.2 Å². The van der Waals surface area contributed by atoms with Gasteiger partial charge in [0, 0.05) is 61.8 Å². The van der Waals surface area contributed by atoms with Gasteiger partial charge in [-0.2, -0.15) is 4.98 Å². The summed E-state index contributed by atoms with van der Waals surface area (Å²) in [5.74, 6) is 0.976. The van der Waals surface area contributed by atoms with E-state index >= 15 is 0 Å². The second-order valence-electron chi connectivity index (χ2n) is 12.0. The summed E-state index contributed by atoms with van der Waals surface area (Å²) in [5, 5.41) is 7.07. The number of aromatic nitrogens is 2. The number of likely N-dealkylation sites (N-methyl/N-ethyl adjacent to an activating group) is 1. The number of carbonyl (C=O) groups is 2. The summed E-state index contributed by atoms with van der Waals surface area (Å²) in [6.07, 6.45) is 5.70. The molecule has 1 saturated carbocycles. The quantitative estimate of drug-likeness (QED) is 0.351. The van der Waals surface area contributed by atoms with Crippen LogP contribution in [-0.2, 0) is 11.3 Å². The Balaban J connectivity index is 1.32. The lowest BCUT2D eigenvalue weighted by atomic mass is 9.88. The Morgan fingerprint density at radius 3 is 2.57 bits per heavy atom. The number of fused-ring (bicyclic) bond motifs is 1. The predicted molar refractivity (Wildman–Crippen MR) is 176 cm³/mol. The number of anilines is 5. The molecule has 3 amide bonds. The number of hydrogen-bond donors (Lipinski definition) is 2. The van der Waals surface area contributed by atoms with Gasteiger partial charge < -0.3 is 20.4 Å². The molecule has 10 nitrogen and oxygen atoms in total. The normalized spacial score (nSPS) is 20.8. The Kier molecular flexibility index (Phi) is 8.91. The van der Waals surface area contributed by atoms with E-state index in [4.69, 9.17) is 16.6 Å². The highest BCUT2D eigenvalue weighted by Gasteiger charge is 2.42. The third kappa shape index (κ3) is 6.19. The molecule has 1 saturated heterocycles. The number of nitrogens with one attached hydrogen (secondary N) is 2. The summed E-state index contributed by atoms with van der Waals surface area (Å²) >= 11 is 6.58. The van der Waals surface area contributed by atoms with Gasteiger partial charge >= 0.3 is 6.03 Å². The number of halogens is 1. The van der Waals surface area contributed by atoms with E-state index in [0.717, 1.165) is 63.1 Å². The molecule has 0 bridgehead atoms. The number of piperazine rings is 1. The van der Waals surface area contributed by atoms with Crippen LogP contribution in [0.5, 0.6) is 0 Å². The van der Waals surface area contributed by atoms with E-state index in [-0.39, 0.29) is 24.0 Å². The summed E-state index contributed by atoms with van der Waals surface area (Å²) in [5.41, 5.74) is 4.77. The van der Waals surface area contributed by atoms with Crippen molar-refractivity contribution in [3.05, 3.63) is 64.8 Å². The first-order valence-electron chi connectivity index (χ1n) is 15.6. The number of urea groups is 1. The van der Waals surface area contributed by atoms with E-state index in [2.05, 4.69) is 57.6 Å². The number of para-hydroxylation sites is 1. The molecule has 2 atom stereocenters. The first-order chi connectivity index (χ1) is 21.3. The molecular weight excluding hydrogens is 576 g/mol. The third-order valence-electron chi connectivity index (χ3n) is 9.00. The van der Waals surface area contributed by atoms with E-state index < -0.39 is 0 Å². The Morgan fingerprint density at radius 1 is 1.05 bits per heavy atom. The summed E-state index contributed by atoms with van der Waals surface area (Å²) in [6.45, 7) is 8.39. The maximum Gasteiger partial charge on any atom is 0.330 e. The highest BCUT2D eigenvalue weighted by Crippen LogP contribution is 2.38. The molecule has 2 aliphatic heterocycles. The van der Waals surface area contributed by atoms with Gasteiger partial charge in [0.15, 0.2) is 0 Å². The van der Waals surface area contributed by atoms with Crippen LogP contribution in [0, 0.1) is 6.92 Å². The fraction of sp³-hybridized carbons (Fsp3) is 0.455. The predicted octanol–water partition coefficient (Wildman–Crippen LogP) is 5.72. The molecule has 0 radical (unpaired) electrons.